The molecule has 0 fully saturated rings. The fourth-order valence-electron chi connectivity index (χ4n) is 9.73. The first-order valence-electron chi connectivity index (χ1n) is 24.4. The SMILES string of the molecule is COCCOCCC(=O)N(CCCC(=O)On1c(O)ccc1O)c1cc(COc2cc3c(cc2OC)C(=O)N2c4ccccc4C[C@H]2C=N3)cc(COc2cc3c(cc2OC)C(=O)N2c4ccccc4C[C@H]2C=N3)c1. The van der Waals surface area contributed by atoms with Gasteiger partial charge < -0.3 is 48.4 Å². The lowest BCUT2D eigenvalue weighted by Crippen LogP contribution is -2.37. The zero-order valence-electron chi connectivity index (χ0n) is 41.5. The maximum Gasteiger partial charge on any atom is 0.333 e. The van der Waals surface area contributed by atoms with Gasteiger partial charge in [-0.3, -0.25) is 34.2 Å². The van der Waals surface area contributed by atoms with Crippen LogP contribution in [0.3, 0.4) is 0 Å². The molecule has 5 aromatic carbocycles. The number of hydrogen-bond donors (Lipinski definition) is 2. The van der Waals surface area contributed by atoms with Gasteiger partial charge in [0.1, 0.15) is 13.2 Å². The second kappa shape index (κ2) is 21.8. The lowest BCUT2D eigenvalue weighted by molar-refractivity contribution is -0.145. The van der Waals surface area contributed by atoms with E-state index < -0.39 is 17.7 Å². The summed E-state index contributed by atoms with van der Waals surface area (Å²) in [6.07, 6.45) is 4.75. The minimum Gasteiger partial charge on any atom is -0.493 e. The van der Waals surface area contributed by atoms with Crippen LogP contribution in [0, 0.1) is 0 Å². The van der Waals surface area contributed by atoms with Crippen molar-refractivity contribution in [2.45, 2.75) is 57.4 Å². The molecule has 5 heterocycles. The van der Waals surface area contributed by atoms with Crippen LogP contribution in [-0.4, -0.2) is 111 Å². The van der Waals surface area contributed by atoms with Crippen molar-refractivity contribution in [3.05, 3.63) is 137 Å². The van der Waals surface area contributed by atoms with Gasteiger partial charge in [-0.25, -0.2) is 4.79 Å². The van der Waals surface area contributed by atoms with Crippen molar-refractivity contribution < 1.29 is 62.6 Å². The molecule has 2 N–H and O–H groups in total. The molecule has 386 valence electrons. The fraction of sp³-hybridized carbons (Fsp3) is 0.286. The van der Waals surface area contributed by atoms with Crippen molar-refractivity contribution in [3.8, 4) is 34.8 Å². The van der Waals surface area contributed by atoms with Crippen LogP contribution in [-0.2, 0) is 45.1 Å². The van der Waals surface area contributed by atoms with E-state index in [1.165, 1.54) is 31.3 Å². The van der Waals surface area contributed by atoms with Crippen molar-refractivity contribution in [2.75, 3.05) is 62.4 Å². The normalized spacial score (nSPS) is 15.7. The number of aromatic hydroxyl groups is 2. The summed E-state index contributed by atoms with van der Waals surface area (Å²) in [6.45, 7) is 0.657. The highest BCUT2D eigenvalue weighted by atomic mass is 16.7. The van der Waals surface area contributed by atoms with E-state index in [0.29, 0.717) is 86.5 Å². The van der Waals surface area contributed by atoms with Gasteiger partial charge in [0, 0.05) is 86.7 Å². The minimum atomic E-state index is -0.764. The highest BCUT2D eigenvalue weighted by Gasteiger charge is 2.38. The molecule has 19 heteroatoms. The molecule has 75 heavy (non-hydrogen) atoms. The third kappa shape index (κ3) is 10.3. The molecule has 0 aliphatic carbocycles. The number of methoxy groups -OCH3 is 3. The first kappa shape index (κ1) is 49.9. The molecule has 4 aliphatic heterocycles. The number of anilines is 3. The number of ether oxygens (including phenoxy) is 6. The summed E-state index contributed by atoms with van der Waals surface area (Å²) in [6, 6.07) is 29.5. The maximum absolute atomic E-state index is 14.3. The molecule has 0 saturated heterocycles. The standard InChI is InChI=1S/C56H54N6O13/c1-69-19-20-72-18-16-51(63)59(17-8-13-54(66)75-62-52(64)14-15-53(62)65)38-22-34(32-73-49-28-43-41(26-47(49)70-2)55(67)60-39(30-57-43)24-36-9-4-6-11-45(36)60)21-35(23-38)33-74-50-29-44-42(27-48(50)71-3)56(68)61-40(31-58-44)25-37-10-5-7-12-46(37)61/h4-7,9-12,14-15,21-23,26-31,39-40,64-65H,8,13,16-20,24-25,32-33H2,1-3H3/t39-,40-/m0/s1. The van der Waals surface area contributed by atoms with Gasteiger partial charge in [0.2, 0.25) is 17.7 Å². The van der Waals surface area contributed by atoms with Gasteiger partial charge in [-0.05, 0) is 71.1 Å². The topological polar surface area (TPSA) is 213 Å². The van der Waals surface area contributed by atoms with Gasteiger partial charge in [-0.15, -0.1) is 4.73 Å². The number of hydrogen-bond acceptors (Lipinski definition) is 15. The molecule has 6 aromatic rings. The summed E-state index contributed by atoms with van der Waals surface area (Å²) >= 11 is 0. The Morgan fingerprint density at radius 3 is 1.69 bits per heavy atom. The number of para-hydroxylation sites is 2. The van der Waals surface area contributed by atoms with Crippen LogP contribution in [0.25, 0.3) is 0 Å². The number of amides is 3. The van der Waals surface area contributed by atoms with Crippen LogP contribution in [0.2, 0.25) is 0 Å². The number of aromatic nitrogens is 1. The highest BCUT2D eigenvalue weighted by Crippen LogP contribution is 2.43. The van der Waals surface area contributed by atoms with Gasteiger partial charge in [0.05, 0.1) is 75.0 Å². The zero-order chi connectivity index (χ0) is 52.2. The molecular formula is C56H54N6O13. The first-order valence-corrected chi connectivity index (χ1v) is 24.4. The lowest BCUT2D eigenvalue weighted by Gasteiger charge is -2.25. The summed E-state index contributed by atoms with van der Waals surface area (Å²) in [5.41, 5.74) is 7.02. The molecule has 1 aromatic heterocycles. The predicted octanol–water partition coefficient (Wildman–Crippen LogP) is 7.47. The minimum absolute atomic E-state index is 0.0172. The van der Waals surface area contributed by atoms with E-state index >= 15 is 0 Å². The Morgan fingerprint density at radius 2 is 1.17 bits per heavy atom. The summed E-state index contributed by atoms with van der Waals surface area (Å²) in [5, 5.41) is 20.1. The summed E-state index contributed by atoms with van der Waals surface area (Å²) in [4.78, 5) is 75.3. The van der Waals surface area contributed by atoms with Gasteiger partial charge in [-0.1, -0.05) is 36.4 Å². The number of fused-ring (bicyclic) bond motifs is 8. The van der Waals surface area contributed by atoms with Crippen molar-refractivity contribution in [1.29, 1.82) is 0 Å². The van der Waals surface area contributed by atoms with E-state index in [1.54, 1.807) is 65.7 Å². The zero-order valence-corrected chi connectivity index (χ0v) is 41.5. The largest absolute Gasteiger partial charge is 0.493 e. The van der Waals surface area contributed by atoms with Crippen LogP contribution in [0.1, 0.15) is 62.2 Å². The Labute approximate surface area is 431 Å². The van der Waals surface area contributed by atoms with Crippen LogP contribution >= 0.6 is 0 Å². The van der Waals surface area contributed by atoms with Crippen molar-refractivity contribution >= 4 is 64.6 Å². The van der Waals surface area contributed by atoms with E-state index in [4.69, 9.17) is 43.2 Å². The Hall–Kier alpha value is -8.68. The van der Waals surface area contributed by atoms with Crippen LogP contribution in [0.15, 0.2) is 113 Å². The van der Waals surface area contributed by atoms with Crippen LogP contribution < -0.4 is 38.5 Å². The van der Waals surface area contributed by atoms with E-state index in [9.17, 15) is 29.4 Å². The Bertz CT molecular complexity index is 3060. The third-order valence-electron chi connectivity index (χ3n) is 13.3. The highest BCUT2D eigenvalue weighted by molar-refractivity contribution is 6.16. The number of carbonyl (C=O) groups excluding carboxylic acids is 4. The second-order valence-corrected chi connectivity index (χ2v) is 18.1. The number of carbonyl (C=O) groups is 4. The average molecular weight is 1020 g/mol. The van der Waals surface area contributed by atoms with E-state index in [2.05, 4.69) is 0 Å². The fourth-order valence-corrected chi connectivity index (χ4v) is 9.73. The summed E-state index contributed by atoms with van der Waals surface area (Å²) in [7, 11) is 4.54. The van der Waals surface area contributed by atoms with E-state index in [0.717, 1.165) is 22.5 Å². The molecule has 0 saturated carbocycles. The van der Waals surface area contributed by atoms with Gasteiger partial charge >= 0.3 is 5.97 Å². The van der Waals surface area contributed by atoms with Crippen molar-refractivity contribution in [2.24, 2.45) is 9.98 Å². The summed E-state index contributed by atoms with van der Waals surface area (Å²) < 4.78 is 36.0. The maximum atomic E-state index is 14.3. The van der Waals surface area contributed by atoms with Crippen LogP contribution in [0.5, 0.6) is 34.8 Å². The molecule has 2 atom stereocenters. The monoisotopic (exact) mass is 1020 g/mol. The molecule has 0 unspecified atom stereocenters. The second-order valence-electron chi connectivity index (χ2n) is 18.1. The molecule has 3 amide bonds. The molecular weight excluding hydrogens is 965 g/mol. The number of aliphatic imine (C=N–C) groups is 2. The molecule has 10 rings (SSSR count). The van der Waals surface area contributed by atoms with Gasteiger partial charge in [-0.2, -0.15) is 0 Å². The molecule has 0 radical (unpaired) electrons. The molecule has 19 nitrogen and oxygen atoms in total. The molecule has 0 spiro atoms. The number of nitrogens with zero attached hydrogens (tertiary/aromatic N) is 6. The van der Waals surface area contributed by atoms with Gasteiger partial charge in [0.15, 0.2) is 23.0 Å². The van der Waals surface area contributed by atoms with Crippen molar-refractivity contribution in [1.82, 2.24) is 4.73 Å². The van der Waals surface area contributed by atoms with E-state index in [-0.39, 0.29) is 82.0 Å². The summed E-state index contributed by atoms with van der Waals surface area (Å²) in [5.74, 6) is -1.18. The van der Waals surface area contributed by atoms with Crippen LogP contribution in [0.4, 0.5) is 28.4 Å². The smallest absolute Gasteiger partial charge is 0.333 e. The van der Waals surface area contributed by atoms with Gasteiger partial charge in [0.25, 0.3) is 11.8 Å². The lowest BCUT2D eigenvalue weighted by atomic mass is 10.1. The average Bonchev–Trinajstić information content (AvgIpc) is 4.05. The molecule has 0 bridgehead atoms. The Kier molecular flexibility index (Phi) is 14.5. The quantitative estimate of drug-likeness (QED) is 0.0712. The number of rotatable bonds is 20. The Morgan fingerprint density at radius 1 is 0.640 bits per heavy atom. The number of benzene rings is 5. The first-order chi connectivity index (χ1) is 36.5. The third-order valence-corrected chi connectivity index (χ3v) is 13.3. The van der Waals surface area contributed by atoms with E-state index in [1.807, 2.05) is 54.6 Å². The predicted molar refractivity (Wildman–Crippen MR) is 277 cm³/mol. The molecule has 4 aliphatic rings. The van der Waals surface area contributed by atoms with Crippen molar-refractivity contribution in [3.63, 3.8) is 0 Å². The Balaban J connectivity index is 0.950.